The highest BCUT2D eigenvalue weighted by molar-refractivity contribution is 5.78. The van der Waals surface area contributed by atoms with Gasteiger partial charge in [-0.05, 0) is 43.5 Å². The van der Waals surface area contributed by atoms with Gasteiger partial charge in [-0.15, -0.1) is 0 Å². The molecule has 5 nitrogen and oxygen atoms in total. The lowest BCUT2D eigenvalue weighted by molar-refractivity contribution is -0.123. The van der Waals surface area contributed by atoms with E-state index in [2.05, 4.69) is 10.2 Å². The highest BCUT2D eigenvalue weighted by Crippen LogP contribution is 2.35. The normalized spacial score (nSPS) is 16.4. The van der Waals surface area contributed by atoms with Crippen LogP contribution < -0.4 is 14.8 Å². The second kappa shape index (κ2) is 7.56. The summed E-state index contributed by atoms with van der Waals surface area (Å²) in [7, 11) is 0. The van der Waals surface area contributed by atoms with Crippen LogP contribution in [-0.2, 0) is 11.3 Å². The highest BCUT2D eigenvalue weighted by Gasteiger charge is 2.34. The molecule has 1 saturated carbocycles. The first-order valence-electron chi connectivity index (χ1n) is 9.27. The smallest absolute Gasteiger partial charge is 0.234 e. The lowest BCUT2D eigenvalue weighted by Crippen LogP contribution is -2.39. The Bertz CT molecular complexity index is 838. The minimum absolute atomic E-state index is 0.0669. The fourth-order valence-electron chi connectivity index (χ4n) is 3.45. The van der Waals surface area contributed by atoms with Crippen molar-refractivity contribution >= 4 is 5.91 Å². The molecule has 27 heavy (non-hydrogen) atoms. The van der Waals surface area contributed by atoms with E-state index in [1.807, 2.05) is 31.2 Å². The fraction of sp³-hybridized carbons (Fsp3) is 0.381. The molecule has 2 aromatic carbocycles. The zero-order valence-electron chi connectivity index (χ0n) is 15.3. The molecule has 1 N–H and O–H groups in total. The summed E-state index contributed by atoms with van der Waals surface area (Å²) in [5.41, 5.74) is 1.58. The maximum atomic E-state index is 14.2. The summed E-state index contributed by atoms with van der Waals surface area (Å²) in [6.07, 6.45) is 2.10. The lowest BCUT2D eigenvalue weighted by atomic mass is 10.1. The molecule has 0 saturated heterocycles. The number of amides is 1. The number of ether oxygens (including phenoxy) is 2. The van der Waals surface area contributed by atoms with Gasteiger partial charge in [0.05, 0.1) is 6.54 Å². The van der Waals surface area contributed by atoms with Gasteiger partial charge in [-0.1, -0.05) is 24.3 Å². The van der Waals surface area contributed by atoms with Crippen molar-refractivity contribution in [1.29, 1.82) is 0 Å². The number of benzene rings is 2. The van der Waals surface area contributed by atoms with E-state index in [4.69, 9.17) is 9.47 Å². The summed E-state index contributed by atoms with van der Waals surface area (Å²) in [6.45, 7) is 2.87. The molecule has 1 amide bonds. The molecular formula is C21H23FN2O3. The number of carbonyl (C=O) groups is 1. The van der Waals surface area contributed by atoms with Crippen molar-refractivity contribution in [3.8, 4) is 11.5 Å². The number of halogens is 1. The summed E-state index contributed by atoms with van der Waals surface area (Å²) in [5, 5.41) is 2.95. The quantitative estimate of drug-likeness (QED) is 0.812. The highest BCUT2D eigenvalue weighted by atomic mass is 19.1. The molecule has 2 aliphatic rings. The van der Waals surface area contributed by atoms with Gasteiger partial charge in [-0.25, -0.2) is 4.39 Å². The molecular weight excluding hydrogens is 347 g/mol. The van der Waals surface area contributed by atoms with E-state index < -0.39 is 0 Å². The number of fused-ring (bicyclic) bond motifs is 1. The molecule has 0 bridgehead atoms. The van der Waals surface area contributed by atoms with E-state index in [-0.39, 0.29) is 31.1 Å². The number of nitrogens with zero attached hydrogens (tertiary/aromatic N) is 1. The minimum atomic E-state index is -0.226. The Morgan fingerprint density at radius 1 is 1.22 bits per heavy atom. The van der Waals surface area contributed by atoms with E-state index in [1.54, 1.807) is 12.1 Å². The Kier molecular flexibility index (Phi) is 4.99. The van der Waals surface area contributed by atoms with E-state index >= 15 is 0 Å². The second-order valence-corrected chi connectivity index (χ2v) is 7.07. The molecule has 0 aromatic heterocycles. The molecule has 1 unspecified atom stereocenters. The molecule has 0 spiro atoms. The van der Waals surface area contributed by atoms with Crippen LogP contribution in [0.3, 0.4) is 0 Å². The third-order valence-electron chi connectivity index (χ3n) is 5.12. The lowest BCUT2D eigenvalue weighted by Gasteiger charge is -2.29. The topological polar surface area (TPSA) is 50.8 Å². The van der Waals surface area contributed by atoms with Gasteiger partial charge in [0, 0.05) is 24.2 Å². The van der Waals surface area contributed by atoms with Crippen molar-refractivity contribution < 1.29 is 18.7 Å². The maximum Gasteiger partial charge on any atom is 0.234 e. The fourth-order valence-corrected chi connectivity index (χ4v) is 3.45. The molecule has 1 aliphatic heterocycles. The Morgan fingerprint density at radius 3 is 2.78 bits per heavy atom. The zero-order chi connectivity index (χ0) is 18.8. The van der Waals surface area contributed by atoms with Gasteiger partial charge >= 0.3 is 0 Å². The predicted octanol–water partition coefficient (Wildman–Crippen LogP) is 3.40. The van der Waals surface area contributed by atoms with Gasteiger partial charge in [-0.3, -0.25) is 9.69 Å². The Balaban J connectivity index is 1.37. The summed E-state index contributed by atoms with van der Waals surface area (Å²) < 4.78 is 24.8. The third-order valence-corrected chi connectivity index (χ3v) is 5.12. The molecule has 2 aromatic rings. The van der Waals surface area contributed by atoms with Crippen molar-refractivity contribution in [2.45, 2.75) is 38.4 Å². The van der Waals surface area contributed by atoms with Crippen LogP contribution in [0.1, 0.15) is 36.9 Å². The van der Waals surface area contributed by atoms with Crippen LogP contribution in [0.15, 0.2) is 42.5 Å². The van der Waals surface area contributed by atoms with Gasteiger partial charge < -0.3 is 14.8 Å². The summed E-state index contributed by atoms with van der Waals surface area (Å²) in [4.78, 5) is 14.6. The second-order valence-electron chi connectivity index (χ2n) is 7.07. The predicted molar refractivity (Wildman–Crippen MR) is 99.0 cm³/mol. The number of nitrogens with one attached hydrogen (secondary N) is 1. The Morgan fingerprint density at radius 2 is 2.00 bits per heavy atom. The summed E-state index contributed by atoms with van der Waals surface area (Å²) in [6, 6.07) is 12.6. The van der Waals surface area contributed by atoms with Crippen LogP contribution in [0.2, 0.25) is 0 Å². The number of hydrogen-bond acceptors (Lipinski definition) is 4. The largest absolute Gasteiger partial charge is 0.454 e. The van der Waals surface area contributed by atoms with Crippen molar-refractivity contribution in [2.24, 2.45) is 0 Å². The van der Waals surface area contributed by atoms with Crippen LogP contribution in [-0.4, -0.2) is 30.2 Å². The van der Waals surface area contributed by atoms with Crippen molar-refractivity contribution in [3.63, 3.8) is 0 Å². The van der Waals surface area contributed by atoms with Crippen LogP contribution >= 0.6 is 0 Å². The van der Waals surface area contributed by atoms with Crippen LogP contribution in [0, 0.1) is 5.82 Å². The summed E-state index contributed by atoms with van der Waals surface area (Å²) >= 11 is 0. The molecule has 1 aliphatic carbocycles. The van der Waals surface area contributed by atoms with Crippen molar-refractivity contribution in [3.05, 3.63) is 59.4 Å². The minimum Gasteiger partial charge on any atom is -0.454 e. The number of hydrogen-bond donors (Lipinski definition) is 1. The molecule has 142 valence electrons. The van der Waals surface area contributed by atoms with Gasteiger partial charge in [0.2, 0.25) is 12.7 Å². The standard InChI is InChI=1S/C21H23FN2O3/c1-14(17-4-2-3-5-18(17)22)24(16-7-8-16)12-21(25)23-11-15-6-9-19-20(10-15)27-13-26-19/h2-6,9-10,14,16H,7-8,11-13H2,1H3,(H,23,25). The first-order valence-corrected chi connectivity index (χ1v) is 9.27. The molecule has 1 atom stereocenters. The SMILES string of the molecule is CC(c1ccccc1F)N(CC(=O)NCc1ccc2c(c1)OCO2)C1CC1. The maximum absolute atomic E-state index is 14.2. The Hall–Kier alpha value is -2.60. The average molecular weight is 370 g/mol. The third kappa shape index (κ3) is 4.06. The van der Waals surface area contributed by atoms with E-state index in [9.17, 15) is 9.18 Å². The molecule has 6 heteroatoms. The Labute approximate surface area is 158 Å². The molecule has 4 rings (SSSR count). The van der Waals surface area contributed by atoms with Crippen LogP contribution in [0.4, 0.5) is 4.39 Å². The summed E-state index contributed by atoms with van der Waals surface area (Å²) in [5.74, 6) is 1.14. The number of carbonyl (C=O) groups excluding carboxylic acids is 1. The molecule has 1 heterocycles. The molecule has 1 fully saturated rings. The first-order chi connectivity index (χ1) is 13.1. The van der Waals surface area contributed by atoms with Gasteiger partial charge in [-0.2, -0.15) is 0 Å². The van der Waals surface area contributed by atoms with E-state index in [0.29, 0.717) is 23.9 Å². The van der Waals surface area contributed by atoms with E-state index in [0.717, 1.165) is 24.2 Å². The monoisotopic (exact) mass is 370 g/mol. The van der Waals surface area contributed by atoms with Crippen LogP contribution in [0.5, 0.6) is 11.5 Å². The van der Waals surface area contributed by atoms with Crippen LogP contribution in [0.25, 0.3) is 0 Å². The van der Waals surface area contributed by atoms with E-state index in [1.165, 1.54) is 6.07 Å². The average Bonchev–Trinajstić information content (AvgIpc) is 3.41. The van der Waals surface area contributed by atoms with Crippen molar-refractivity contribution in [2.75, 3.05) is 13.3 Å². The number of rotatable bonds is 7. The van der Waals surface area contributed by atoms with Crippen molar-refractivity contribution in [1.82, 2.24) is 10.2 Å². The van der Waals surface area contributed by atoms with Gasteiger partial charge in [0.15, 0.2) is 11.5 Å². The van der Waals surface area contributed by atoms with Gasteiger partial charge in [0.25, 0.3) is 0 Å². The molecule has 0 radical (unpaired) electrons. The van der Waals surface area contributed by atoms with Gasteiger partial charge in [0.1, 0.15) is 5.82 Å². The zero-order valence-corrected chi connectivity index (χ0v) is 15.3. The first kappa shape index (κ1) is 17.8.